The van der Waals surface area contributed by atoms with Crippen molar-refractivity contribution in [1.29, 1.82) is 0 Å². The zero-order valence-corrected chi connectivity index (χ0v) is 16.5. The Morgan fingerprint density at radius 1 is 0.543 bits per heavy atom. The number of hydrogen-bond donors (Lipinski definition) is 2. The zero-order chi connectivity index (χ0) is 26.5. The predicted octanol–water partition coefficient (Wildman–Crippen LogP) is 7.17. The van der Waals surface area contributed by atoms with Gasteiger partial charge in [0.05, 0.1) is 5.56 Å². The number of anilines is 2. The molecule has 0 amide bonds. The monoisotopic (exact) mass is 518 g/mol. The average molecular weight is 518 g/mol. The minimum absolute atomic E-state index is 0.362. The van der Waals surface area contributed by atoms with Crippen molar-refractivity contribution in [3.63, 3.8) is 0 Å². The van der Waals surface area contributed by atoms with E-state index in [9.17, 15) is 43.9 Å². The Morgan fingerprint density at radius 2 is 0.971 bits per heavy atom. The molecule has 0 saturated carbocycles. The summed E-state index contributed by atoms with van der Waals surface area (Å²) in [5.74, 6) is -16.6. The van der Waals surface area contributed by atoms with Crippen molar-refractivity contribution in [3.8, 4) is 23.0 Å². The lowest BCUT2D eigenvalue weighted by molar-refractivity contribution is -0.163. The maximum absolute atomic E-state index is 15.1. The van der Waals surface area contributed by atoms with Gasteiger partial charge in [0.1, 0.15) is 5.56 Å². The fourth-order valence-electron chi connectivity index (χ4n) is 2.83. The second kappa shape index (κ2) is 8.70. The molecule has 3 aromatic rings. The van der Waals surface area contributed by atoms with Crippen LogP contribution in [0.25, 0.3) is 0 Å². The maximum Gasteiger partial charge on any atom is 0.420 e. The molecule has 35 heavy (non-hydrogen) atoms. The van der Waals surface area contributed by atoms with Gasteiger partial charge >= 0.3 is 12.4 Å². The third-order valence-electron chi connectivity index (χ3n) is 4.24. The van der Waals surface area contributed by atoms with Gasteiger partial charge in [-0.25, -0.2) is 8.78 Å². The Balaban J connectivity index is 2.34. The molecule has 0 aromatic heterocycles. The van der Waals surface area contributed by atoms with Crippen molar-refractivity contribution in [2.75, 3.05) is 11.5 Å². The number of nitrogen functional groups attached to an aromatic ring is 2. The summed E-state index contributed by atoms with van der Waals surface area (Å²) in [5.41, 5.74) is 3.90. The van der Waals surface area contributed by atoms with Crippen LogP contribution in [0.4, 0.5) is 59.7 Å². The van der Waals surface area contributed by atoms with Crippen molar-refractivity contribution in [2.45, 2.75) is 12.4 Å². The van der Waals surface area contributed by atoms with E-state index in [0.29, 0.717) is 24.3 Å². The third kappa shape index (κ3) is 5.12. The van der Waals surface area contributed by atoms with E-state index in [1.807, 2.05) is 0 Å². The molecule has 188 valence electrons. The molecule has 4 N–H and O–H groups in total. The first-order valence-electron chi connectivity index (χ1n) is 8.86. The van der Waals surface area contributed by atoms with Crippen LogP contribution in [0.5, 0.6) is 23.0 Å². The topological polar surface area (TPSA) is 70.5 Å². The number of benzene rings is 3. The molecule has 0 fully saturated rings. The zero-order valence-electron chi connectivity index (χ0n) is 16.5. The van der Waals surface area contributed by atoms with Gasteiger partial charge in [-0.05, 0) is 6.07 Å². The summed E-state index contributed by atoms with van der Waals surface area (Å²) in [6.45, 7) is 0. The highest BCUT2D eigenvalue weighted by atomic mass is 19.4. The molecule has 3 aromatic carbocycles. The first kappa shape index (κ1) is 25.7. The molecule has 0 unspecified atom stereocenters. The van der Waals surface area contributed by atoms with Gasteiger partial charge in [-0.2, -0.15) is 39.5 Å². The molecule has 0 aliphatic rings. The molecule has 4 nitrogen and oxygen atoms in total. The summed E-state index contributed by atoms with van der Waals surface area (Å²) >= 11 is 0. The third-order valence-corrected chi connectivity index (χ3v) is 4.24. The van der Waals surface area contributed by atoms with Crippen LogP contribution in [0, 0.1) is 29.1 Å². The maximum atomic E-state index is 15.1. The molecule has 0 atom stereocenters. The number of halogens is 11. The van der Waals surface area contributed by atoms with E-state index in [-0.39, 0.29) is 0 Å². The second-order valence-electron chi connectivity index (χ2n) is 6.77. The Labute approximate surface area is 187 Å². The molecule has 15 heteroatoms. The van der Waals surface area contributed by atoms with Gasteiger partial charge in [-0.1, -0.05) is 0 Å². The first-order valence-corrected chi connectivity index (χ1v) is 8.86. The van der Waals surface area contributed by atoms with Gasteiger partial charge in [-0.15, -0.1) is 0 Å². The van der Waals surface area contributed by atoms with Gasteiger partial charge in [0.25, 0.3) is 0 Å². The highest BCUT2D eigenvalue weighted by molar-refractivity contribution is 5.55. The second-order valence-corrected chi connectivity index (χ2v) is 6.77. The molecular weight excluding hydrogens is 509 g/mol. The van der Waals surface area contributed by atoms with Crippen LogP contribution in [0.2, 0.25) is 0 Å². The van der Waals surface area contributed by atoms with E-state index in [1.54, 1.807) is 0 Å². The lowest BCUT2D eigenvalue weighted by atomic mass is 10.0. The van der Waals surface area contributed by atoms with Crippen LogP contribution < -0.4 is 20.9 Å². The minimum atomic E-state index is -5.97. The van der Waals surface area contributed by atoms with Crippen LogP contribution in [0.15, 0.2) is 30.3 Å². The fourth-order valence-corrected chi connectivity index (χ4v) is 2.83. The summed E-state index contributed by atoms with van der Waals surface area (Å²) in [6.07, 6.45) is -11.8. The van der Waals surface area contributed by atoms with Crippen molar-refractivity contribution in [1.82, 2.24) is 0 Å². The van der Waals surface area contributed by atoms with Crippen LogP contribution in [-0.4, -0.2) is 0 Å². The van der Waals surface area contributed by atoms with Crippen molar-refractivity contribution in [2.24, 2.45) is 0 Å². The molecule has 0 bridgehead atoms. The number of nitrogens with two attached hydrogens (primary N) is 2. The van der Waals surface area contributed by atoms with Crippen LogP contribution in [-0.2, 0) is 12.4 Å². The van der Waals surface area contributed by atoms with Crippen molar-refractivity contribution < 1.29 is 57.8 Å². The van der Waals surface area contributed by atoms with Gasteiger partial charge in [0, 0.05) is 35.6 Å². The van der Waals surface area contributed by atoms with Gasteiger partial charge in [-0.3, -0.25) is 0 Å². The van der Waals surface area contributed by atoms with Gasteiger partial charge < -0.3 is 20.9 Å². The van der Waals surface area contributed by atoms with E-state index in [4.69, 9.17) is 11.5 Å². The van der Waals surface area contributed by atoms with Gasteiger partial charge in [0.15, 0.2) is 34.6 Å². The highest BCUT2D eigenvalue weighted by Gasteiger charge is 2.48. The number of alkyl halides is 6. The molecule has 0 aliphatic heterocycles. The summed E-state index contributed by atoms with van der Waals surface area (Å²) in [6, 6.07) is 1.16. The molecule has 0 radical (unpaired) electrons. The molecular formula is C20H9F11N2O2. The molecule has 0 saturated heterocycles. The van der Waals surface area contributed by atoms with Crippen LogP contribution in [0.3, 0.4) is 0 Å². The summed E-state index contributed by atoms with van der Waals surface area (Å²) in [4.78, 5) is 0. The summed E-state index contributed by atoms with van der Waals surface area (Å²) < 4.78 is 161. The summed E-state index contributed by atoms with van der Waals surface area (Å²) in [7, 11) is 0. The minimum Gasteiger partial charge on any atom is -0.451 e. The molecule has 0 spiro atoms. The van der Waals surface area contributed by atoms with Crippen molar-refractivity contribution in [3.05, 3.63) is 70.5 Å². The Morgan fingerprint density at radius 3 is 1.40 bits per heavy atom. The predicted molar refractivity (Wildman–Crippen MR) is 98.1 cm³/mol. The number of hydrogen-bond acceptors (Lipinski definition) is 4. The molecule has 3 rings (SSSR count). The van der Waals surface area contributed by atoms with E-state index in [1.165, 1.54) is 0 Å². The lowest BCUT2D eigenvalue weighted by Gasteiger charge is -2.22. The Hall–Kier alpha value is -3.91. The van der Waals surface area contributed by atoms with Gasteiger partial charge in [0.2, 0.25) is 17.5 Å². The average Bonchev–Trinajstić information content (AvgIpc) is 2.70. The van der Waals surface area contributed by atoms with E-state index < -0.39 is 93.0 Å². The standard InChI is InChI=1S/C20H9F11N2O2/c21-9-1-6(32)3-11(15(9)23)34-13-5-8(19(26,27)28)14(20(29,30)31)18(17(13)25)35-12-4-7(33)2-10(22)16(12)24/h1-5H,32-33H2. The first-order chi connectivity index (χ1) is 16.0. The van der Waals surface area contributed by atoms with E-state index in [2.05, 4.69) is 9.47 Å². The number of rotatable bonds is 4. The summed E-state index contributed by atoms with van der Waals surface area (Å²) in [5, 5.41) is 0. The van der Waals surface area contributed by atoms with E-state index in [0.717, 1.165) is 0 Å². The lowest BCUT2D eigenvalue weighted by Crippen LogP contribution is -2.19. The number of ether oxygens (including phenoxy) is 2. The van der Waals surface area contributed by atoms with Crippen LogP contribution in [0.1, 0.15) is 11.1 Å². The largest absolute Gasteiger partial charge is 0.451 e. The smallest absolute Gasteiger partial charge is 0.420 e. The molecule has 0 aliphatic carbocycles. The Kier molecular flexibility index (Phi) is 6.39. The van der Waals surface area contributed by atoms with E-state index >= 15 is 4.39 Å². The fraction of sp³-hybridized carbons (Fsp3) is 0.100. The molecule has 0 heterocycles. The SMILES string of the molecule is Nc1cc(F)c(F)c(Oc2cc(C(F)(F)F)c(C(F)(F)F)c(Oc3cc(N)cc(F)c3F)c2F)c1. The normalized spacial score (nSPS) is 12.1. The Bertz CT molecular complexity index is 1300. The van der Waals surface area contributed by atoms with Crippen molar-refractivity contribution >= 4 is 11.4 Å². The quantitative estimate of drug-likeness (QED) is 0.284. The highest BCUT2D eigenvalue weighted by Crippen LogP contribution is 2.50. The van der Waals surface area contributed by atoms with Crippen LogP contribution >= 0.6 is 0 Å².